The third-order valence-corrected chi connectivity index (χ3v) is 4.64. The highest BCUT2D eigenvalue weighted by molar-refractivity contribution is 5.82. The van der Waals surface area contributed by atoms with Gasteiger partial charge in [-0.25, -0.2) is 4.79 Å². The second-order valence-corrected chi connectivity index (χ2v) is 8.36. The largest absolute Gasteiger partial charge is 0.444 e. The lowest BCUT2D eigenvalue weighted by atomic mass is 9.76. The number of hydrogen-bond donors (Lipinski definition) is 0. The third-order valence-electron chi connectivity index (χ3n) is 4.64. The standard InChI is InChI=1S/C18H31NO3/c1-12(2)9-16(20)13-10-14-7-6-8-15(11-13)19(14)17(21)22-18(3,4)5/h12-15H,6-11H2,1-5H3. The van der Waals surface area contributed by atoms with Crippen LogP contribution < -0.4 is 0 Å². The van der Waals surface area contributed by atoms with E-state index in [0.717, 1.165) is 32.1 Å². The highest BCUT2D eigenvalue weighted by Gasteiger charge is 2.44. The molecule has 2 atom stereocenters. The van der Waals surface area contributed by atoms with Crippen LogP contribution in [0.25, 0.3) is 0 Å². The maximum absolute atomic E-state index is 12.5. The molecule has 2 aliphatic heterocycles. The molecule has 4 heteroatoms. The van der Waals surface area contributed by atoms with Crippen molar-refractivity contribution in [1.82, 2.24) is 4.90 Å². The summed E-state index contributed by atoms with van der Waals surface area (Å²) >= 11 is 0. The number of carbonyl (C=O) groups is 2. The Hall–Kier alpha value is -1.06. The van der Waals surface area contributed by atoms with E-state index in [2.05, 4.69) is 13.8 Å². The molecular weight excluding hydrogens is 278 g/mol. The predicted octanol–water partition coefficient (Wildman–Crippen LogP) is 4.17. The molecule has 2 bridgehead atoms. The molecule has 2 heterocycles. The Bertz CT molecular complexity index is 411. The molecule has 1 amide bonds. The first-order valence-corrected chi connectivity index (χ1v) is 8.71. The van der Waals surface area contributed by atoms with E-state index >= 15 is 0 Å². The number of Topliss-reactive ketones (excluding diaryl/α,β-unsaturated/α-hetero) is 1. The second-order valence-electron chi connectivity index (χ2n) is 8.36. The molecule has 2 saturated heterocycles. The van der Waals surface area contributed by atoms with Gasteiger partial charge in [0.2, 0.25) is 0 Å². The number of rotatable bonds is 3. The Morgan fingerprint density at radius 1 is 1.14 bits per heavy atom. The SMILES string of the molecule is CC(C)CC(=O)C1CC2CCCC(C1)N2C(=O)OC(C)(C)C. The van der Waals surface area contributed by atoms with Gasteiger partial charge in [0.1, 0.15) is 11.4 Å². The van der Waals surface area contributed by atoms with E-state index < -0.39 is 5.60 Å². The van der Waals surface area contributed by atoms with Gasteiger partial charge in [-0.2, -0.15) is 0 Å². The quantitative estimate of drug-likeness (QED) is 0.786. The van der Waals surface area contributed by atoms with Crippen molar-refractivity contribution in [2.45, 2.75) is 90.8 Å². The number of fused-ring (bicyclic) bond motifs is 2. The first-order valence-electron chi connectivity index (χ1n) is 8.71. The zero-order chi connectivity index (χ0) is 16.5. The van der Waals surface area contributed by atoms with Crippen LogP contribution in [0, 0.1) is 11.8 Å². The lowest BCUT2D eigenvalue weighted by molar-refractivity contribution is -0.127. The number of hydrogen-bond acceptors (Lipinski definition) is 3. The summed E-state index contributed by atoms with van der Waals surface area (Å²) < 4.78 is 5.58. The van der Waals surface area contributed by atoms with Gasteiger partial charge < -0.3 is 9.64 Å². The normalized spacial score (nSPS) is 28.6. The van der Waals surface area contributed by atoms with Crippen molar-refractivity contribution >= 4 is 11.9 Å². The van der Waals surface area contributed by atoms with Crippen LogP contribution in [0.3, 0.4) is 0 Å². The number of amides is 1. The monoisotopic (exact) mass is 309 g/mol. The van der Waals surface area contributed by atoms with Crippen molar-refractivity contribution in [3.8, 4) is 0 Å². The lowest BCUT2D eigenvalue weighted by Gasteiger charge is -2.48. The second kappa shape index (κ2) is 6.59. The van der Waals surface area contributed by atoms with Gasteiger partial charge in [-0.3, -0.25) is 4.79 Å². The Morgan fingerprint density at radius 3 is 2.14 bits per heavy atom. The fraction of sp³-hybridized carbons (Fsp3) is 0.889. The minimum absolute atomic E-state index is 0.136. The van der Waals surface area contributed by atoms with Gasteiger partial charge in [0.25, 0.3) is 0 Å². The molecule has 2 fully saturated rings. The topological polar surface area (TPSA) is 46.6 Å². The van der Waals surface area contributed by atoms with Gasteiger partial charge in [-0.05, 0) is 58.8 Å². The van der Waals surface area contributed by atoms with Crippen LogP contribution in [0.4, 0.5) is 4.79 Å². The summed E-state index contributed by atoms with van der Waals surface area (Å²) in [6, 6.07) is 0.368. The zero-order valence-corrected chi connectivity index (χ0v) is 14.7. The number of piperidine rings is 2. The molecule has 0 aromatic heterocycles. The van der Waals surface area contributed by atoms with E-state index in [-0.39, 0.29) is 24.1 Å². The molecule has 4 nitrogen and oxygen atoms in total. The first-order chi connectivity index (χ1) is 10.2. The summed E-state index contributed by atoms with van der Waals surface area (Å²) in [5.41, 5.74) is -0.463. The third kappa shape index (κ3) is 4.23. The summed E-state index contributed by atoms with van der Waals surface area (Å²) in [5, 5.41) is 0. The molecule has 0 radical (unpaired) electrons. The highest BCUT2D eigenvalue weighted by Crippen LogP contribution is 2.38. The molecule has 0 aliphatic carbocycles. The summed E-state index contributed by atoms with van der Waals surface area (Å²) in [6.45, 7) is 9.89. The van der Waals surface area contributed by atoms with Gasteiger partial charge >= 0.3 is 6.09 Å². The number of ketones is 1. The summed E-state index contributed by atoms with van der Waals surface area (Å²) in [5.74, 6) is 0.934. The zero-order valence-electron chi connectivity index (χ0n) is 14.7. The molecule has 2 aliphatic rings. The van der Waals surface area contributed by atoms with Crippen molar-refractivity contribution in [2.75, 3.05) is 0 Å². The Balaban J connectivity index is 2.05. The van der Waals surface area contributed by atoms with Crippen LogP contribution in [-0.2, 0) is 9.53 Å². The van der Waals surface area contributed by atoms with Crippen LogP contribution in [0.2, 0.25) is 0 Å². The molecule has 22 heavy (non-hydrogen) atoms. The van der Waals surface area contributed by atoms with Crippen molar-refractivity contribution in [3.63, 3.8) is 0 Å². The van der Waals surface area contributed by atoms with Crippen LogP contribution in [0.1, 0.15) is 73.1 Å². The molecule has 126 valence electrons. The van der Waals surface area contributed by atoms with Gasteiger partial charge in [-0.15, -0.1) is 0 Å². The smallest absolute Gasteiger partial charge is 0.410 e. The molecule has 0 spiro atoms. The molecule has 2 rings (SSSR count). The molecular formula is C18H31NO3. The van der Waals surface area contributed by atoms with Crippen LogP contribution in [0.5, 0.6) is 0 Å². The van der Waals surface area contributed by atoms with E-state index in [4.69, 9.17) is 4.74 Å². The van der Waals surface area contributed by atoms with Crippen molar-refractivity contribution < 1.29 is 14.3 Å². The van der Waals surface area contributed by atoms with Crippen LogP contribution >= 0.6 is 0 Å². The van der Waals surface area contributed by atoms with Crippen LogP contribution in [0.15, 0.2) is 0 Å². The summed E-state index contributed by atoms with van der Waals surface area (Å²) in [4.78, 5) is 26.8. The molecule has 0 aromatic carbocycles. The van der Waals surface area contributed by atoms with Crippen molar-refractivity contribution in [3.05, 3.63) is 0 Å². The van der Waals surface area contributed by atoms with Gasteiger partial charge in [-0.1, -0.05) is 13.8 Å². The van der Waals surface area contributed by atoms with E-state index in [1.165, 1.54) is 0 Å². The lowest BCUT2D eigenvalue weighted by Crippen LogP contribution is -2.56. The van der Waals surface area contributed by atoms with Crippen molar-refractivity contribution in [2.24, 2.45) is 11.8 Å². The fourth-order valence-corrected chi connectivity index (χ4v) is 3.83. The minimum Gasteiger partial charge on any atom is -0.444 e. The van der Waals surface area contributed by atoms with Gasteiger partial charge in [0.05, 0.1) is 0 Å². The van der Waals surface area contributed by atoms with Gasteiger partial charge in [0.15, 0.2) is 0 Å². The number of carbonyl (C=O) groups excluding carboxylic acids is 2. The van der Waals surface area contributed by atoms with E-state index in [0.29, 0.717) is 18.1 Å². The Kier molecular flexibility index (Phi) is 5.18. The average molecular weight is 309 g/mol. The molecule has 0 aromatic rings. The predicted molar refractivity (Wildman–Crippen MR) is 86.7 cm³/mol. The number of nitrogens with zero attached hydrogens (tertiary/aromatic N) is 1. The highest BCUT2D eigenvalue weighted by atomic mass is 16.6. The molecule has 0 N–H and O–H groups in total. The molecule has 0 saturated carbocycles. The Labute approximate surface area is 134 Å². The Morgan fingerprint density at radius 2 is 1.68 bits per heavy atom. The first kappa shape index (κ1) is 17.3. The average Bonchev–Trinajstić information content (AvgIpc) is 2.34. The minimum atomic E-state index is -0.463. The van der Waals surface area contributed by atoms with Crippen molar-refractivity contribution in [1.29, 1.82) is 0 Å². The van der Waals surface area contributed by atoms with Gasteiger partial charge in [0, 0.05) is 24.4 Å². The van der Waals surface area contributed by atoms with E-state index in [1.807, 2.05) is 25.7 Å². The summed E-state index contributed by atoms with van der Waals surface area (Å²) in [6.07, 6.45) is 5.26. The van der Waals surface area contributed by atoms with E-state index in [9.17, 15) is 9.59 Å². The maximum Gasteiger partial charge on any atom is 0.410 e. The maximum atomic E-state index is 12.5. The number of ether oxygens (including phenoxy) is 1. The molecule has 2 unspecified atom stereocenters. The van der Waals surface area contributed by atoms with E-state index in [1.54, 1.807) is 0 Å². The fourth-order valence-electron chi connectivity index (χ4n) is 3.83. The van der Waals surface area contributed by atoms with Crippen LogP contribution in [-0.4, -0.2) is 34.5 Å². The summed E-state index contributed by atoms with van der Waals surface area (Å²) in [7, 11) is 0.